The Hall–Kier alpha value is -0.620. The maximum absolute atomic E-state index is 10.3. The molecule has 0 aromatic rings. The number of hydrogen-bond acceptors (Lipinski definition) is 2. The van der Waals surface area contributed by atoms with Gasteiger partial charge in [-0.15, -0.1) is 0 Å². The van der Waals surface area contributed by atoms with Gasteiger partial charge in [0.25, 0.3) is 0 Å². The number of carbonyl (C=O) groups is 1. The van der Waals surface area contributed by atoms with E-state index in [1.165, 1.54) is 11.3 Å². The molecule has 0 unspecified atom stereocenters. The standard InChI is InChI=1S/C6H11NO2.H3O4P/c8-6(9)7-4-2-1-3-5-7;1-5(2,3)4/h1-5H2,(H,8,9);(H3,1,2,3,4). The summed E-state index contributed by atoms with van der Waals surface area (Å²) in [5.41, 5.74) is 0. The van der Waals surface area contributed by atoms with E-state index in [0.29, 0.717) is 0 Å². The van der Waals surface area contributed by atoms with Gasteiger partial charge in [0.15, 0.2) is 0 Å². The summed E-state index contributed by atoms with van der Waals surface area (Å²) < 4.78 is 8.88. The lowest BCUT2D eigenvalue weighted by molar-refractivity contribution is 0.136. The van der Waals surface area contributed by atoms with Crippen LogP contribution in [0.15, 0.2) is 0 Å². The molecule has 1 amide bonds. The Morgan fingerprint density at radius 1 is 1.07 bits per heavy atom. The number of likely N-dealkylation sites (tertiary alicyclic amines) is 1. The van der Waals surface area contributed by atoms with Crippen LogP contribution in [-0.4, -0.2) is 43.9 Å². The summed E-state index contributed by atoms with van der Waals surface area (Å²) in [4.78, 5) is 33.3. The van der Waals surface area contributed by atoms with E-state index in [0.717, 1.165) is 25.9 Å². The van der Waals surface area contributed by atoms with Crippen molar-refractivity contribution in [2.24, 2.45) is 0 Å². The Bertz CT molecular complexity index is 212. The smallest absolute Gasteiger partial charge is 0.465 e. The Kier molecular flexibility index (Phi) is 5.71. The van der Waals surface area contributed by atoms with E-state index < -0.39 is 13.9 Å². The van der Waals surface area contributed by atoms with E-state index in [4.69, 9.17) is 24.4 Å². The first-order chi connectivity index (χ1) is 6.30. The van der Waals surface area contributed by atoms with Gasteiger partial charge in [0.05, 0.1) is 0 Å². The maximum atomic E-state index is 10.3. The van der Waals surface area contributed by atoms with Crippen LogP contribution in [0.2, 0.25) is 0 Å². The summed E-state index contributed by atoms with van der Waals surface area (Å²) >= 11 is 0. The van der Waals surface area contributed by atoms with E-state index >= 15 is 0 Å². The zero-order valence-electron chi connectivity index (χ0n) is 7.54. The minimum Gasteiger partial charge on any atom is -0.465 e. The normalized spacial score (nSPS) is 16.9. The molecule has 1 heterocycles. The van der Waals surface area contributed by atoms with Crippen LogP contribution in [0.4, 0.5) is 4.79 Å². The molecule has 14 heavy (non-hydrogen) atoms. The molecule has 0 saturated carbocycles. The molecule has 1 aliphatic rings. The number of amides is 1. The van der Waals surface area contributed by atoms with Gasteiger partial charge in [-0.2, -0.15) is 0 Å². The van der Waals surface area contributed by atoms with Gasteiger partial charge in [-0.25, -0.2) is 9.36 Å². The second-order valence-corrected chi connectivity index (χ2v) is 3.87. The van der Waals surface area contributed by atoms with Gasteiger partial charge < -0.3 is 24.7 Å². The number of hydrogen-bond donors (Lipinski definition) is 4. The molecule has 7 nitrogen and oxygen atoms in total. The van der Waals surface area contributed by atoms with Crippen molar-refractivity contribution >= 4 is 13.9 Å². The van der Waals surface area contributed by atoms with E-state index in [1.807, 2.05) is 0 Å². The first-order valence-corrected chi connectivity index (χ1v) is 5.63. The van der Waals surface area contributed by atoms with Crippen LogP contribution < -0.4 is 0 Å². The van der Waals surface area contributed by atoms with E-state index in [2.05, 4.69) is 0 Å². The highest BCUT2D eigenvalue weighted by Crippen LogP contribution is 2.25. The van der Waals surface area contributed by atoms with Crippen LogP contribution in [0.1, 0.15) is 19.3 Å². The lowest BCUT2D eigenvalue weighted by atomic mass is 10.1. The number of nitrogens with zero attached hydrogens (tertiary/aromatic N) is 1. The zero-order valence-corrected chi connectivity index (χ0v) is 8.43. The quantitative estimate of drug-likeness (QED) is 0.439. The monoisotopic (exact) mass is 227 g/mol. The van der Waals surface area contributed by atoms with Crippen molar-refractivity contribution in [3.05, 3.63) is 0 Å². The van der Waals surface area contributed by atoms with E-state index in [9.17, 15) is 4.79 Å². The molecular formula is C6H14NO6P. The number of phosphoric acid groups is 1. The van der Waals surface area contributed by atoms with Crippen LogP contribution in [-0.2, 0) is 4.57 Å². The van der Waals surface area contributed by atoms with Crippen molar-refractivity contribution in [1.29, 1.82) is 0 Å². The number of piperidine rings is 1. The minimum absolute atomic E-state index is 0.731. The predicted octanol–water partition coefficient (Wildman–Crippen LogP) is 0.222. The summed E-state index contributed by atoms with van der Waals surface area (Å²) in [5, 5.41) is 8.46. The summed E-state index contributed by atoms with van der Waals surface area (Å²) in [6, 6.07) is 0. The maximum Gasteiger partial charge on any atom is 0.466 e. The highest BCUT2D eigenvalue weighted by atomic mass is 31.2. The fourth-order valence-corrected chi connectivity index (χ4v) is 1.09. The van der Waals surface area contributed by atoms with Crippen LogP contribution in [0, 0.1) is 0 Å². The molecule has 1 aliphatic heterocycles. The van der Waals surface area contributed by atoms with Crippen molar-refractivity contribution < 1.29 is 29.1 Å². The SMILES string of the molecule is O=C(O)N1CCCCC1.O=P(O)(O)O. The van der Waals surface area contributed by atoms with Gasteiger partial charge in [-0.1, -0.05) is 0 Å². The summed E-state index contributed by atoms with van der Waals surface area (Å²) in [5.74, 6) is 0. The van der Waals surface area contributed by atoms with Crippen LogP contribution in [0.25, 0.3) is 0 Å². The van der Waals surface area contributed by atoms with Crippen LogP contribution in [0.3, 0.4) is 0 Å². The first-order valence-electron chi connectivity index (χ1n) is 4.07. The lowest BCUT2D eigenvalue weighted by Crippen LogP contribution is -2.34. The molecule has 0 aromatic carbocycles. The van der Waals surface area contributed by atoms with Crippen molar-refractivity contribution in [3.8, 4) is 0 Å². The second kappa shape index (κ2) is 5.98. The molecule has 1 saturated heterocycles. The Labute approximate surface area is 81.2 Å². The lowest BCUT2D eigenvalue weighted by Gasteiger charge is -2.22. The van der Waals surface area contributed by atoms with Crippen molar-refractivity contribution in [1.82, 2.24) is 4.90 Å². The Morgan fingerprint density at radius 2 is 1.43 bits per heavy atom. The average molecular weight is 227 g/mol. The predicted molar refractivity (Wildman–Crippen MR) is 47.7 cm³/mol. The molecular weight excluding hydrogens is 213 g/mol. The van der Waals surface area contributed by atoms with Gasteiger partial charge in [-0.3, -0.25) is 0 Å². The van der Waals surface area contributed by atoms with Crippen molar-refractivity contribution in [2.45, 2.75) is 19.3 Å². The fourth-order valence-electron chi connectivity index (χ4n) is 1.09. The third-order valence-electron chi connectivity index (χ3n) is 1.63. The highest BCUT2D eigenvalue weighted by Gasteiger charge is 2.13. The molecule has 1 rings (SSSR count). The van der Waals surface area contributed by atoms with Gasteiger partial charge >= 0.3 is 13.9 Å². The molecule has 0 radical (unpaired) electrons. The molecule has 0 aliphatic carbocycles. The van der Waals surface area contributed by atoms with E-state index in [1.54, 1.807) is 0 Å². The third-order valence-corrected chi connectivity index (χ3v) is 1.63. The number of rotatable bonds is 0. The molecule has 0 spiro atoms. The highest BCUT2D eigenvalue weighted by molar-refractivity contribution is 7.45. The molecule has 1 fully saturated rings. The Morgan fingerprint density at radius 3 is 1.64 bits per heavy atom. The largest absolute Gasteiger partial charge is 0.466 e. The third kappa shape index (κ3) is 9.47. The Balaban J connectivity index is 0.000000292. The summed E-state index contributed by atoms with van der Waals surface area (Å²) in [6.45, 7) is 1.46. The van der Waals surface area contributed by atoms with E-state index in [-0.39, 0.29) is 0 Å². The van der Waals surface area contributed by atoms with Gasteiger partial charge in [0.1, 0.15) is 0 Å². The fraction of sp³-hybridized carbons (Fsp3) is 0.833. The zero-order chi connectivity index (χ0) is 11.2. The molecule has 0 atom stereocenters. The van der Waals surface area contributed by atoms with Crippen molar-refractivity contribution in [3.63, 3.8) is 0 Å². The van der Waals surface area contributed by atoms with Gasteiger partial charge in [-0.05, 0) is 19.3 Å². The minimum atomic E-state index is -4.64. The van der Waals surface area contributed by atoms with Crippen molar-refractivity contribution in [2.75, 3.05) is 13.1 Å². The van der Waals surface area contributed by atoms with Gasteiger partial charge in [0, 0.05) is 13.1 Å². The first kappa shape index (κ1) is 13.4. The second-order valence-electron chi connectivity index (χ2n) is 2.84. The average Bonchev–Trinajstić information content (AvgIpc) is 2.03. The molecule has 4 N–H and O–H groups in total. The molecule has 0 bridgehead atoms. The van der Waals surface area contributed by atoms with Crippen LogP contribution in [0.5, 0.6) is 0 Å². The molecule has 0 aromatic heterocycles. The summed E-state index contributed by atoms with van der Waals surface area (Å²) in [7, 11) is -4.64. The number of carboxylic acid groups (broad SMARTS) is 1. The van der Waals surface area contributed by atoms with Gasteiger partial charge in [0.2, 0.25) is 0 Å². The molecule has 8 heteroatoms. The summed E-state index contributed by atoms with van der Waals surface area (Å²) in [6.07, 6.45) is 2.48. The topological polar surface area (TPSA) is 118 Å². The molecule has 84 valence electrons. The van der Waals surface area contributed by atoms with Crippen LogP contribution >= 0.6 is 7.82 Å².